The molecular weight excluding hydrogens is 530 g/mol. The van der Waals surface area contributed by atoms with E-state index in [1.54, 1.807) is 12.1 Å². The van der Waals surface area contributed by atoms with Crippen LogP contribution in [-0.4, -0.2) is 64.0 Å². The zero-order chi connectivity index (χ0) is 30.5. The molecule has 0 aliphatic carbocycles. The number of benzene rings is 2. The average Bonchev–Trinajstić information content (AvgIpc) is 2.91. The molecule has 0 aliphatic rings. The number of carboxylic acids is 1. The maximum Gasteiger partial charge on any atom is 0.326 e. The van der Waals surface area contributed by atoms with Gasteiger partial charge < -0.3 is 37.6 Å². The first-order valence-corrected chi connectivity index (χ1v) is 13.3. The summed E-state index contributed by atoms with van der Waals surface area (Å²) in [7, 11) is 0. The van der Waals surface area contributed by atoms with Crippen LogP contribution in [0.3, 0.4) is 0 Å². The number of aromatic hydroxyl groups is 1. The molecule has 2 rings (SSSR count). The maximum atomic E-state index is 13.4. The molecule has 4 unspecified atom stereocenters. The van der Waals surface area contributed by atoms with Crippen molar-refractivity contribution < 1.29 is 34.2 Å². The second-order valence-corrected chi connectivity index (χ2v) is 10.3. The molecule has 4 amide bonds. The van der Waals surface area contributed by atoms with Crippen molar-refractivity contribution in [3.05, 3.63) is 65.7 Å². The number of primary amides is 1. The molecule has 0 radical (unpaired) electrons. The number of phenolic OH excluding ortho intramolecular Hbond substituents is 1. The molecule has 41 heavy (non-hydrogen) atoms. The van der Waals surface area contributed by atoms with Crippen molar-refractivity contribution in [2.45, 2.75) is 70.1 Å². The van der Waals surface area contributed by atoms with E-state index in [-0.39, 0.29) is 43.8 Å². The summed E-state index contributed by atoms with van der Waals surface area (Å²) in [6.07, 6.45) is -0.0363. The van der Waals surface area contributed by atoms with Crippen LogP contribution >= 0.6 is 0 Å². The molecule has 0 heterocycles. The lowest BCUT2D eigenvalue weighted by Crippen LogP contribution is -2.58. The SMILES string of the molecule is CC(C)CC(NC(=O)C(N)Cc1ccccc1)C(=O)NC(Cc1ccc(O)cc1)C(=O)NC(CCC(N)=O)C(=O)O. The standard InChI is InChI=1S/C29H39N5O7/c1-17(2)14-23(33-26(37)21(30)15-18-6-4-3-5-7-18)27(38)34-24(16-19-8-10-20(35)11-9-19)28(39)32-22(29(40)41)12-13-25(31)36/h3-11,17,21-24,35H,12-16,30H2,1-2H3,(H2,31,36)(H,32,39)(H,33,37)(H,34,38)(H,40,41). The van der Waals surface area contributed by atoms with Crippen molar-refractivity contribution in [2.24, 2.45) is 17.4 Å². The first-order valence-electron chi connectivity index (χ1n) is 13.3. The summed E-state index contributed by atoms with van der Waals surface area (Å²) >= 11 is 0. The first kappa shape index (κ1) is 32.8. The molecule has 0 saturated heterocycles. The van der Waals surface area contributed by atoms with Crippen LogP contribution in [0.1, 0.15) is 44.2 Å². The molecule has 9 N–H and O–H groups in total. The molecule has 0 saturated carbocycles. The third kappa shape index (κ3) is 11.7. The fraction of sp³-hybridized carbons (Fsp3) is 0.414. The molecule has 12 nitrogen and oxygen atoms in total. The van der Waals surface area contributed by atoms with Crippen LogP contribution in [0, 0.1) is 5.92 Å². The number of carbonyl (C=O) groups excluding carboxylic acids is 4. The second-order valence-electron chi connectivity index (χ2n) is 10.3. The second kappa shape index (κ2) is 16.0. The lowest BCUT2D eigenvalue weighted by molar-refractivity contribution is -0.142. The van der Waals surface area contributed by atoms with E-state index in [4.69, 9.17) is 11.5 Å². The molecule has 0 spiro atoms. The van der Waals surface area contributed by atoms with Gasteiger partial charge in [-0.25, -0.2) is 4.79 Å². The van der Waals surface area contributed by atoms with Gasteiger partial charge in [0.05, 0.1) is 6.04 Å². The normalized spacial score (nSPS) is 13.9. The van der Waals surface area contributed by atoms with Crippen molar-refractivity contribution in [3.8, 4) is 5.75 Å². The van der Waals surface area contributed by atoms with Gasteiger partial charge in [-0.05, 0) is 48.4 Å². The van der Waals surface area contributed by atoms with Gasteiger partial charge in [-0.1, -0.05) is 56.3 Å². The third-order valence-electron chi connectivity index (χ3n) is 6.28. The Labute approximate surface area is 238 Å². The van der Waals surface area contributed by atoms with E-state index < -0.39 is 53.8 Å². The van der Waals surface area contributed by atoms with Crippen molar-refractivity contribution in [2.75, 3.05) is 0 Å². The highest BCUT2D eigenvalue weighted by Crippen LogP contribution is 2.13. The molecule has 12 heteroatoms. The molecule has 2 aromatic rings. The topological polar surface area (TPSA) is 214 Å². The minimum absolute atomic E-state index is 0.00253. The van der Waals surface area contributed by atoms with Gasteiger partial charge >= 0.3 is 5.97 Å². The zero-order valence-electron chi connectivity index (χ0n) is 23.2. The van der Waals surface area contributed by atoms with Crippen LogP contribution in [0.2, 0.25) is 0 Å². The van der Waals surface area contributed by atoms with Crippen molar-refractivity contribution in [3.63, 3.8) is 0 Å². The van der Waals surface area contributed by atoms with Crippen LogP contribution in [0.15, 0.2) is 54.6 Å². The Bertz CT molecular complexity index is 1190. The summed E-state index contributed by atoms with van der Waals surface area (Å²) in [4.78, 5) is 62.4. The Morgan fingerprint density at radius 2 is 1.29 bits per heavy atom. The average molecular weight is 570 g/mol. The van der Waals surface area contributed by atoms with Gasteiger partial charge in [0.25, 0.3) is 0 Å². The highest BCUT2D eigenvalue weighted by atomic mass is 16.4. The van der Waals surface area contributed by atoms with E-state index in [9.17, 15) is 34.2 Å². The predicted octanol–water partition coefficient (Wildman–Crippen LogP) is 0.355. The maximum absolute atomic E-state index is 13.4. The molecule has 0 fully saturated rings. The quantitative estimate of drug-likeness (QED) is 0.149. The number of nitrogens with one attached hydrogen (secondary N) is 3. The number of hydrogen-bond acceptors (Lipinski definition) is 7. The Morgan fingerprint density at radius 3 is 1.85 bits per heavy atom. The molecule has 0 bridgehead atoms. The molecule has 0 aliphatic heterocycles. The van der Waals surface area contributed by atoms with Gasteiger partial charge in [0.15, 0.2) is 0 Å². The van der Waals surface area contributed by atoms with Crippen molar-refractivity contribution in [1.82, 2.24) is 16.0 Å². The van der Waals surface area contributed by atoms with Crippen LogP contribution < -0.4 is 27.4 Å². The number of rotatable bonds is 16. The van der Waals surface area contributed by atoms with Crippen molar-refractivity contribution >= 4 is 29.6 Å². The Balaban J connectivity index is 2.22. The lowest BCUT2D eigenvalue weighted by atomic mass is 9.99. The third-order valence-corrected chi connectivity index (χ3v) is 6.28. The van der Waals surface area contributed by atoms with Gasteiger partial charge in [-0.2, -0.15) is 0 Å². The zero-order valence-corrected chi connectivity index (χ0v) is 23.2. The van der Waals surface area contributed by atoms with Crippen LogP contribution in [0.25, 0.3) is 0 Å². The van der Waals surface area contributed by atoms with Gasteiger partial charge in [0.1, 0.15) is 23.9 Å². The minimum atomic E-state index is -1.42. The summed E-state index contributed by atoms with van der Waals surface area (Å²) in [5.74, 6) is -4.09. The summed E-state index contributed by atoms with van der Waals surface area (Å²) in [5, 5.41) is 26.8. The van der Waals surface area contributed by atoms with E-state index in [1.165, 1.54) is 12.1 Å². The van der Waals surface area contributed by atoms with Crippen LogP contribution in [0.5, 0.6) is 5.75 Å². The van der Waals surface area contributed by atoms with Gasteiger partial charge in [0.2, 0.25) is 23.6 Å². The number of carboxylic acid groups (broad SMARTS) is 1. The Hall–Kier alpha value is -4.45. The predicted molar refractivity (Wildman–Crippen MR) is 151 cm³/mol. The van der Waals surface area contributed by atoms with E-state index in [0.717, 1.165) is 5.56 Å². The number of aliphatic carboxylic acids is 1. The van der Waals surface area contributed by atoms with E-state index >= 15 is 0 Å². The smallest absolute Gasteiger partial charge is 0.326 e. The molecule has 222 valence electrons. The fourth-order valence-electron chi connectivity index (χ4n) is 4.11. The summed E-state index contributed by atoms with van der Waals surface area (Å²) < 4.78 is 0. The van der Waals surface area contributed by atoms with Gasteiger partial charge in [-0.3, -0.25) is 19.2 Å². The Kier molecular flexibility index (Phi) is 12.8. The van der Waals surface area contributed by atoms with Gasteiger partial charge in [0, 0.05) is 12.8 Å². The minimum Gasteiger partial charge on any atom is -0.508 e. The summed E-state index contributed by atoms with van der Waals surface area (Å²) in [6, 6.07) is 10.5. The number of carbonyl (C=O) groups is 5. The molecule has 4 atom stereocenters. The molecule has 0 aromatic heterocycles. The van der Waals surface area contributed by atoms with E-state index in [1.807, 2.05) is 44.2 Å². The largest absolute Gasteiger partial charge is 0.508 e. The summed E-state index contributed by atoms with van der Waals surface area (Å²) in [6.45, 7) is 3.74. The molecular formula is C29H39N5O7. The van der Waals surface area contributed by atoms with E-state index in [0.29, 0.717) is 5.56 Å². The van der Waals surface area contributed by atoms with Crippen molar-refractivity contribution in [1.29, 1.82) is 0 Å². The van der Waals surface area contributed by atoms with Crippen LogP contribution in [0.4, 0.5) is 0 Å². The van der Waals surface area contributed by atoms with Crippen LogP contribution in [-0.2, 0) is 36.8 Å². The first-order chi connectivity index (χ1) is 19.3. The molecule has 2 aromatic carbocycles. The van der Waals surface area contributed by atoms with E-state index in [2.05, 4.69) is 16.0 Å². The highest BCUT2D eigenvalue weighted by molar-refractivity contribution is 5.94. The number of amides is 4. The summed E-state index contributed by atoms with van der Waals surface area (Å²) in [5.41, 5.74) is 12.7. The monoisotopic (exact) mass is 569 g/mol. The van der Waals surface area contributed by atoms with Gasteiger partial charge in [-0.15, -0.1) is 0 Å². The number of hydrogen-bond donors (Lipinski definition) is 7. The lowest BCUT2D eigenvalue weighted by Gasteiger charge is -2.26. The highest BCUT2D eigenvalue weighted by Gasteiger charge is 2.31. The number of phenols is 1. The fourth-order valence-corrected chi connectivity index (χ4v) is 4.11. The number of nitrogens with two attached hydrogens (primary N) is 2. The Morgan fingerprint density at radius 1 is 0.756 bits per heavy atom.